The van der Waals surface area contributed by atoms with Gasteiger partial charge in [-0.05, 0) is 0 Å². The second kappa shape index (κ2) is 16.6. The van der Waals surface area contributed by atoms with E-state index in [9.17, 15) is 54.4 Å². The zero-order valence-electron chi connectivity index (χ0n) is 26.6. The molecule has 5 rings (SSSR count). The summed E-state index contributed by atoms with van der Waals surface area (Å²) in [7, 11) is -2.67. The molecule has 5 saturated heterocycles. The molecule has 5 aliphatic rings. The molecule has 0 spiro atoms. The van der Waals surface area contributed by atoms with Crippen LogP contribution in [0.3, 0.4) is 0 Å². The third kappa shape index (κ3) is 8.26. The Hall–Kier alpha value is -0.890. The van der Waals surface area contributed by atoms with Crippen LogP contribution in [0.4, 0.5) is 0 Å². The lowest BCUT2D eigenvalue weighted by Gasteiger charge is -2.48. The van der Waals surface area contributed by atoms with Gasteiger partial charge in [-0.3, -0.25) is 4.55 Å². The van der Waals surface area contributed by atoms with Crippen molar-refractivity contribution in [1.29, 1.82) is 0 Å². The van der Waals surface area contributed by atoms with Gasteiger partial charge in [-0.25, -0.2) is 4.18 Å². The summed E-state index contributed by atoms with van der Waals surface area (Å²) in [5, 5.41) is 95.1. The average Bonchev–Trinajstić information content (AvgIpc) is 3.39. The molecule has 20 atom stereocenters. The number of aliphatic hydroxyl groups excluding tert-OH is 9. The summed E-state index contributed by atoms with van der Waals surface area (Å²) < 4.78 is 91.1. The molecule has 5 aliphatic heterocycles. The van der Waals surface area contributed by atoms with Gasteiger partial charge in [0.1, 0.15) is 97.7 Å². The molecule has 0 radical (unpaired) electrons. The fourth-order valence-electron chi connectivity index (χ4n) is 6.49. The predicted octanol–water partition coefficient (Wildman–Crippen LogP) is -7.57. The summed E-state index contributed by atoms with van der Waals surface area (Å²) in [6, 6.07) is 0. The highest BCUT2D eigenvalue weighted by atomic mass is 32.3. The van der Waals surface area contributed by atoms with E-state index in [-0.39, 0.29) is 6.61 Å². The summed E-state index contributed by atoms with van der Waals surface area (Å²) in [4.78, 5) is 0. The molecule has 292 valence electrons. The van der Waals surface area contributed by atoms with Crippen LogP contribution in [0, 0.1) is 0 Å². The van der Waals surface area contributed by atoms with Crippen molar-refractivity contribution < 1.29 is 110 Å². The first kappa shape index (κ1) is 40.3. The Bertz CT molecular complexity index is 1200. The van der Waals surface area contributed by atoms with Gasteiger partial charge in [0.25, 0.3) is 0 Å². The fraction of sp³-hybridized carbons (Fsp3) is 1.00. The largest absolute Gasteiger partial charge is 0.397 e. The number of hydrogen-bond acceptors (Lipinski definition) is 22. The molecular formula is C26H44O23S. The fourth-order valence-corrected chi connectivity index (χ4v) is 6.80. The van der Waals surface area contributed by atoms with Crippen LogP contribution in [0.25, 0.3) is 0 Å². The van der Waals surface area contributed by atoms with E-state index >= 15 is 0 Å². The minimum absolute atomic E-state index is 0.157. The van der Waals surface area contributed by atoms with Crippen LogP contribution in [0.1, 0.15) is 0 Å². The summed E-state index contributed by atoms with van der Waals surface area (Å²) in [6.45, 7) is -2.62. The molecule has 24 heteroatoms. The minimum Gasteiger partial charge on any atom is -0.394 e. The summed E-state index contributed by atoms with van der Waals surface area (Å²) in [6.07, 6.45) is -30.8. The Labute approximate surface area is 284 Å². The van der Waals surface area contributed by atoms with Crippen molar-refractivity contribution in [2.75, 3.05) is 40.6 Å². The Balaban J connectivity index is 1.28. The Morgan fingerprint density at radius 1 is 0.580 bits per heavy atom. The van der Waals surface area contributed by atoms with Crippen molar-refractivity contribution >= 4 is 10.4 Å². The first-order chi connectivity index (χ1) is 23.6. The second-order valence-corrected chi connectivity index (χ2v) is 13.3. The van der Waals surface area contributed by atoms with Crippen molar-refractivity contribution in [3.8, 4) is 0 Å². The highest BCUT2D eigenvalue weighted by molar-refractivity contribution is 7.80. The minimum atomic E-state index is -5.01. The predicted molar refractivity (Wildman–Crippen MR) is 151 cm³/mol. The maximum absolute atomic E-state index is 11.2. The molecule has 20 unspecified atom stereocenters. The third-order valence-corrected chi connectivity index (χ3v) is 9.55. The van der Waals surface area contributed by atoms with Gasteiger partial charge in [0.2, 0.25) is 0 Å². The van der Waals surface area contributed by atoms with Crippen molar-refractivity contribution in [3.63, 3.8) is 0 Å². The van der Waals surface area contributed by atoms with E-state index in [2.05, 4.69) is 4.18 Å². The summed E-state index contributed by atoms with van der Waals surface area (Å²) in [5.74, 6) is 0. The van der Waals surface area contributed by atoms with E-state index < -0.39 is 153 Å². The molecule has 2 bridgehead atoms. The number of methoxy groups -OCH3 is 2. The molecule has 0 aliphatic carbocycles. The van der Waals surface area contributed by atoms with Gasteiger partial charge < -0.3 is 93.3 Å². The highest BCUT2D eigenvalue weighted by Gasteiger charge is 2.58. The number of fused-ring (bicyclic) bond motifs is 2. The monoisotopic (exact) mass is 756 g/mol. The van der Waals surface area contributed by atoms with E-state index in [1.54, 1.807) is 0 Å². The van der Waals surface area contributed by atoms with Crippen LogP contribution < -0.4 is 0 Å². The summed E-state index contributed by atoms with van der Waals surface area (Å²) >= 11 is 0. The van der Waals surface area contributed by atoms with E-state index in [0.717, 1.165) is 7.11 Å². The third-order valence-electron chi connectivity index (χ3n) is 9.11. The molecule has 0 amide bonds. The molecular weight excluding hydrogens is 712 g/mol. The van der Waals surface area contributed by atoms with Gasteiger partial charge in [0.05, 0.1) is 26.4 Å². The van der Waals surface area contributed by atoms with Gasteiger partial charge in [-0.1, -0.05) is 0 Å². The maximum atomic E-state index is 11.2. The SMILES string of the molecule is COC1OC(COS(=O)(=O)O)C(OC2OC(CO)C(O)C(OC3OC4COC(C3O)C4OC3OC(CO)C(O)C(OC)C3O)C2O)C(O)C1O. The van der Waals surface area contributed by atoms with Crippen LogP contribution in [-0.4, -0.2) is 222 Å². The molecule has 5 fully saturated rings. The zero-order valence-corrected chi connectivity index (χ0v) is 27.4. The number of aliphatic hydroxyl groups is 9. The average molecular weight is 757 g/mol. The van der Waals surface area contributed by atoms with Crippen molar-refractivity contribution in [3.05, 3.63) is 0 Å². The summed E-state index contributed by atoms with van der Waals surface area (Å²) in [5.41, 5.74) is 0. The Kier molecular flexibility index (Phi) is 13.4. The first-order valence-electron chi connectivity index (χ1n) is 15.5. The van der Waals surface area contributed by atoms with Gasteiger partial charge in [0.15, 0.2) is 25.2 Å². The van der Waals surface area contributed by atoms with Gasteiger partial charge in [-0.15, -0.1) is 0 Å². The number of rotatable bonds is 13. The highest BCUT2D eigenvalue weighted by Crippen LogP contribution is 2.38. The van der Waals surface area contributed by atoms with Crippen LogP contribution in [0.5, 0.6) is 0 Å². The van der Waals surface area contributed by atoms with Crippen LogP contribution in [0.2, 0.25) is 0 Å². The molecule has 23 nitrogen and oxygen atoms in total. The Morgan fingerprint density at radius 2 is 1.10 bits per heavy atom. The second-order valence-electron chi connectivity index (χ2n) is 12.2. The molecule has 10 N–H and O–H groups in total. The standard InChI is InChI=1S/C26H44O23S/c1-39-20-11(29)7(3-27)43-24(15(20)33)48-19-9-5-41-22(19)17(35)26(46-9)49-21-12(30)8(4-28)44-25(16(21)34)47-18-10(6-42-50(36,37)38)45-23(40-2)14(32)13(18)31/h7-35H,3-6H2,1-2H3,(H,36,37,38). The van der Waals surface area contributed by atoms with E-state index in [1.807, 2.05) is 0 Å². The van der Waals surface area contributed by atoms with Crippen LogP contribution in [-0.2, 0) is 62.0 Å². The van der Waals surface area contributed by atoms with Gasteiger partial charge in [-0.2, -0.15) is 8.42 Å². The first-order valence-corrected chi connectivity index (χ1v) is 16.9. The molecule has 5 heterocycles. The normalized spacial score (nSPS) is 50.0. The molecule has 50 heavy (non-hydrogen) atoms. The molecule has 0 aromatic rings. The lowest BCUT2D eigenvalue weighted by atomic mass is 9.96. The van der Waals surface area contributed by atoms with E-state index in [1.165, 1.54) is 7.11 Å². The van der Waals surface area contributed by atoms with Crippen LogP contribution >= 0.6 is 0 Å². The van der Waals surface area contributed by atoms with Gasteiger partial charge >= 0.3 is 10.4 Å². The lowest BCUT2D eigenvalue weighted by Crippen LogP contribution is -2.66. The molecule has 0 aromatic heterocycles. The lowest BCUT2D eigenvalue weighted by molar-refractivity contribution is -0.379. The number of hydrogen-bond donors (Lipinski definition) is 10. The maximum Gasteiger partial charge on any atom is 0.397 e. The van der Waals surface area contributed by atoms with Crippen molar-refractivity contribution in [2.24, 2.45) is 0 Å². The smallest absolute Gasteiger partial charge is 0.394 e. The van der Waals surface area contributed by atoms with Crippen LogP contribution in [0.15, 0.2) is 0 Å². The quantitative estimate of drug-likeness (QED) is 0.0780. The van der Waals surface area contributed by atoms with Gasteiger partial charge in [0, 0.05) is 14.2 Å². The van der Waals surface area contributed by atoms with E-state index in [0.29, 0.717) is 0 Å². The molecule has 0 aromatic carbocycles. The topological polar surface area (TPSA) is 338 Å². The van der Waals surface area contributed by atoms with E-state index in [4.69, 9.17) is 51.9 Å². The van der Waals surface area contributed by atoms with Crippen molar-refractivity contribution in [1.82, 2.24) is 0 Å². The zero-order chi connectivity index (χ0) is 36.7. The molecule has 0 saturated carbocycles. The Morgan fingerprint density at radius 3 is 1.66 bits per heavy atom. The number of ether oxygens (including phenoxy) is 10. The van der Waals surface area contributed by atoms with Crippen molar-refractivity contribution in [2.45, 2.75) is 123 Å².